The zero-order valence-corrected chi connectivity index (χ0v) is 17.6. The van der Waals surface area contributed by atoms with Gasteiger partial charge in [0.1, 0.15) is 0 Å². The molecule has 4 aromatic rings. The molecule has 148 valence electrons. The normalized spacial score (nSPS) is 15.4. The summed E-state index contributed by atoms with van der Waals surface area (Å²) in [5, 5.41) is 0. The number of amidine groups is 1. The summed E-state index contributed by atoms with van der Waals surface area (Å²) < 4.78 is 0. The quantitative estimate of drug-likeness (QED) is 0.369. The summed E-state index contributed by atoms with van der Waals surface area (Å²) in [5.41, 5.74) is 9.91. The Bertz CT molecular complexity index is 1330. The second-order valence-corrected chi connectivity index (χ2v) is 8.43. The molecule has 0 N–H and O–H groups in total. The lowest BCUT2D eigenvalue weighted by Crippen LogP contribution is -2.31. The standard InChI is InChI=1S/C29H22N2/c1-19-11-15-21(16-12-19)27-29(31-28(30-27)22-17-13-20(2)14-18-22)25-9-5-3-7-23(25)24-8-4-6-10-26(24)29/h3-18H,1-2H3. The Morgan fingerprint density at radius 2 is 1.03 bits per heavy atom. The summed E-state index contributed by atoms with van der Waals surface area (Å²) in [6, 6.07) is 34.4. The highest BCUT2D eigenvalue weighted by atomic mass is 15.1. The molecule has 2 aliphatic rings. The van der Waals surface area contributed by atoms with Crippen molar-refractivity contribution in [3.8, 4) is 11.1 Å². The molecule has 1 aliphatic carbocycles. The molecule has 0 radical (unpaired) electrons. The van der Waals surface area contributed by atoms with Gasteiger partial charge in [-0.15, -0.1) is 0 Å². The second-order valence-electron chi connectivity index (χ2n) is 8.43. The summed E-state index contributed by atoms with van der Waals surface area (Å²) in [7, 11) is 0. The average molecular weight is 399 g/mol. The fraction of sp³-hybridized carbons (Fsp3) is 0.103. The first-order chi connectivity index (χ1) is 15.2. The first kappa shape index (κ1) is 18.0. The maximum absolute atomic E-state index is 5.39. The van der Waals surface area contributed by atoms with E-state index in [1.54, 1.807) is 0 Å². The van der Waals surface area contributed by atoms with Crippen LogP contribution in [0.1, 0.15) is 33.4 Å². The van der Waals surface area contributed by atoms with E-state index < -0.39 is 5.54 Å². The minimum atomic E-state index is -0.622. The van der Waals surface area contributed by atoms with E-state index in [1.807, 2.05) is 0 Å². The van der Waals surface area contributed by atoms with Gasteiger partial charge in [0.2, 0.25) is 0 Å². The lowest BCUT2D eigenvalue weighted by Gasteiger charge is -2.26. The molecule has 31 heavy (non-hydrogen) atoms. The van der Waals surface area contributed by atoms with Crippen molar-refractivity contribution in [2.45, 2.75) is 19.4 Å². The fourth-order valence-electron chi connectivity index (χ4n) is 4.83. The fourth-order valence-corrected chi connectivity index (χ4v) is 4.83. The van der Waals surface area contributed by atoms with Gasteiger partial charge in [-0.1, -0.05) is 108 Å². The van der Waals surface area contributed by atoms with Crippen molar-refractivity contribution in [3.63, 3.8) is 0 Å². The van der Waals surface area contributed by atoms with Crippen LogP contribution in [0.15, 0.2) is 107 Å². The number of hydrogen-bond acceptors (Lipinski definition) is 2. The number of aryl methyl sites for hydroxylation is 2. The van der Waals surface area contributed by atoms with E-state index in [0.717, 1.165) is 22.7 Å². The predicted octanol–water partition coefficient (Wildman–Crippen LogP) is 6.48. The van der Waals surface area contributed by atoms with Crippen LogP contribution < -0.4 is 0 Å². The maximum atomic E-state index is 5.39. The molecular formula is C29H22N2. The minimum absolute atomic E-state index is 0.622. The maximum Gasteiger partial charge on any atom is 0.157 e. The molecule has 0 amide bonds. The van der Waals surface area contributed by atoms with Crippen molar-refractivity contribution >= 4 is 11.5 Å². The van der Waals surface area contributed by atoms with E-state index in [1.165, 1.54) is 33.4 Å². The third-order valence-electron chi connectivity index (χ3n) is 6.39. The topological polar surface area (TPSA) is 24.7 Å². The van der Waals surface area contributed by atoms with Gasteiger partial charge >= 0.3 is 0 Å². The van der Waals surface area contributed by atoms with E-state index >= 15 is 0 Å². The van der Waals surface area contributed by atoms with Crippen LogP contribution >= 0.6 is 0 Å². The highest BCUT2D eigenvalue weighted by Gasteiger charge is 2.50. The van der Waals surface area contributed by atoms with Crippen LogP contribution in [0.25, 0.3) is 11.1 Å². The van der Waals surface area contributed by atoms with Crippen LogP contribution in [0.3, 0.4) is 0 Å². The van der Waals surface area contributed by atoms with Gasteiger partial charge in [0.15, 0.2) is 11.4 Å². The molecule has 4 aromatic carbocycles. The van der Waals surface area contributed by atoms with E-state index in [4.69, 9.17) is 9.98 Å². The minimum Gasteiger partial charge on any atom is -0.243 e. The lowest BCUT2D eigenvalue weighted by molar-refractivity contribution is 0.771. The van der Waals surface area contributed by atoms with Crippen molar-refractivity contribution in [1.82, 2.24) is 0 Å². The summed E-state index contributed by atoms with van der Waals surface area (Å²) in [4.78, 5) is 10.6. The largest absolute Gasteiger partial charge is 0.243 e. The van der Waals surface area contributed by atoms with Crippen LogP contribution in [-0.2, 0) is 5.54 Å². The van der Waals surface area contributed by atoms with Crippen LogP contribution in [0.4, 0.5) is 0 Å². The van der Waals surface area contributed by atoms with Gasteiger partial charge in [-0.3, -0.25) is 0 Å². The van der Waals surface area contributed by atoms with E-state index in [9.17, 15) is 0 Å². The third kappa shape index (κ3) is 2.58. The van der Waals surface area contributed by atoms with E-state index in [2.05, 4.69) is 111 Å². The Morgan fingerprint density at radius 3 is 1.58 bits per heavy atom. The van der Waals surface area contributed by atoms with Gasteiger partial charge in [-0.05, 0) is 41.7 Å². The molecule has 6 rings (SSSR count). The summed E-state index contributed by atoms with van der Waals surface area (Å²) in [6.07, 6.45) is 0. The van der Waals surface area contributed by atoms with Crippen molar-refractivity contribution < 1.29 is 0 Å². The smallest absolute Gasteiger partial charge is 0.157 e. The van der Waals surface area contributed by atoms with Crippen molar-refractivity contribution in [2.75, 3.05) is 0 Å². The highest BCUT2D eigenvalue weighted by molar-refractivity contribution is 6.24. The molecule has 1 heterocycles. The predicted molar refractivity (Wildman–Crippen MR) is 128 cm³/mol. The molecule has 0 bridgehead atoms. The van der Waals surface area contributed by atoms with Gasteiger partial charge in [0.05, 0.1) is 5.71 Å². The number of fused-ring (bicyclic) bond motifs is 5. The van der Waals surface area contributed by atoms with Crippen molar-refractivity contribution in [3.05, 3.63) is 130 Å². The van der Waals surface area contributed by atoms with Gasteiger partial charge in [-0.2, -0.15) is 0 Å². The summed E-state index contributed by atoms with van der Waals surface area (Å²) in [5.74, 6) is 0.794. The van der Waals surface area contributed by atoms with Crippen molar-refractivity contribution in [2.24, 2.45) is 9.98 Å². The summed E-state index contributed by atoms with van der Waals surface area (Å²) in [6.45, 7) is 4.22. The Balaban J connectivity index is 1.67. The van der Waals surface area contributed by atoms with Crippen LogP contribution in [0.5, 0.6) is 0 Å². The Labute approximate surface area is 182 Å². The average Bonchev–Trinajstić information content (AvgIpc) is 3.34. The number of rotatable bonds is 2. The van der Waals surface area contributed by atoms with Crippen LogP contribution in [0.2, 0.25) is 0 Å². The molecule has 0 aromatic heterocycles. The molecule has 0 fully saturated rings. The van der Waals surface area contributed by atoms with Gasteiger partial charge < -0.3 is 0 Å². The molecule has 0 saturated heterocycles. The molecule has 0 atom stereocenters. The number of benzene rings is 4. The lowest BCUT2D eigenvalue weighted by atomic mass is 9.80. The molecule has 0 unspecified atom stereocenters. The van der Waals surface area contributed by atoms with Crippen LogP contribution in [-0.4, -0.2) is 11.5 Å². The Hall–Kier alpha value is -3.78. The zero-order chi connectivity index (χ0) is 21.0. The highest BCUT2D eigenvalue weighted by Crippen LogP contribution is 2.53. The van der Waals surface area contributed by atoms with Gasteiger partial charge in [0.25, 0.3) is 0 Å². The number of hydrogen-bond donors (Lipinski definition) is 0. The molecule has 2 heteroatoms. The molecule has 0 saturated carbocycles. The van der Waals surface area contributed by atoms with E-state index in [0.29, 0.717) is 0 Å². The number of nitrogens with zero attached hydrogens (tertiary/aromatic N) is 2. The molecule has 1 aliphatic heterocycles. The monoisotopic (exact) mass is 398 g/mol. The Morgan fingerprint density at radius 1 is 0.548 bits per heavy atom. The summed E-state index contributed by atoms with van der Waals surface area (Å²) >= 11 is 0. The van der Waals surface area contributed by atoms with Crippen molar-refractivity contribution in [1.29, 1.82) is 0 Å². The SMILES string of the molecule is Cc1ccc(C2=NC3(C(c4ccc(C)cc4)=N2)c2ccccc2-c2ccccc23)cc1. The zero-order valence-electron chi connectivity index (χ0n) is 17.6. The van der Waals surface area contributed by atoms with Gasteiger partial charge in [0, 0.05) is 5.56 Å². The number of aliphatic imine (C=N–C) groups is 2. The van der Waals surface area contributed by atoms with Crippen LogP contribution in [0, 0.1) is 13.8 Å². The first-order valence-electron chi connectivity index (χ1n) is 10.7. The molecular weight excluding hydrogens is 376 g/mol. The molecule has 2 nitrogen and oxygen atoms in total. The van der Waals surface area contributed by atoms with E-state index in [-0.39, 0.29) is 0 Å². The second kappa shape index (κ2) is 6.61. The first-order valence-corrected chi connectivity index (χ1v) is 10.7. The molecule has 1 spiro atoms. The third-order valence-corrected chi connectivity index (χ3v) is 6.39. The van der Waals surface area contributed by atoms with Gasteiger partial charge in [-0.25, -0.2) is 9.98 Å². The Kier molecular flexibility index (Phi) is 3.85.